The summed E-state index contributed by atoms with van der Waals surface area (Å²) in [4.78, 5) is 22.8. The van der Waals surface area contributed by atoms with Crippen molar-refractivity contribution in [2.45, 2.75) is 63.3 Å². The zero-order chi connectivity index (χ0) is 13.9. The van der Waals surface area contributed by atoms with Gasteiger partial charge in [0.05, 0.1) is 6.42 Å². The van der Waals surface area contributed by atoms with Crippen molar-refractivity contribution in [3.05, 3.63) is 0 Å². The highest BCUT2D eigenvalue weighted by atomic mass is 16.4. The highest BCUT2D eigenvalue weighted by Crippen LogP contribution is 2.43. The average Bonchev–Trinajstić information content (AvgIpc) is 2.68. The van der Waals surface area contributed by atoms with Gasteiger partial charge in [0, 0.05) is 18.5 Å². The molecule has 5 nitrogen and oxygen atoms in total. The van der Waals surface area contributed by atoms with Crippen LogP contribution in [0.2, 0.25) is 0 Å². The number of aliphatic carboxylic acids is 1. The van der Waals surface area contributed by atoms with E-state index in [9.17, 15) is 9.59 Å². The molecule has 0 atom stereocenters. The fourth-order valence-corrected chi connectivity index (χ4v) is 3.34. The number of carbonyl (C=O) groups excluding carboxylic acids is 1. The van der Waals surface area contributed by atoms with Gasteiger partial charge in [-0.3, -0.25) is 9.59 Å². The Morgan fingerprint density at radius 1 is 1.05 bits per heavy atom. The molecular formula is C14H24N2O3. The number of carbonyl (C=O) groups is 2. The van der Waals surface area contributed by atoms with Gasteiger partial charge >= 0.3 is 5.97 Å². The van der Waals surface area contributed by atoms with Crippen molar-refractivity contribution >= 4 is 11.9 Å². The molecule has 0 bridgehead atoms. The van der Waals surface area contributed by atoms with Crippen molar-refractivity contribution in [1.29, 1.82) is 0 Å². The molecule has 0 saturated heterocycles. The highest BCUT2D eigenvalue weighted by molar-refractivity contribution is 5.77. The Morgan fingerprint density at radius 2 is 1.68 bits per heavy atom. The summed E-state index contributed by atoms with van der Waals surface area (Å²) < 4.78 is 0. The SMILES string of the molecule is NC1(CC(=O)NCC2(CC(=O)O)CCC2)CCCC1. The molecule has 2 fully saturated rings. The fourth-order valence-electron chi connectivity index (χ4n) is 3.34. The second-order valence-electron chi connectivity index (χ2n) is 6.45. The van der Waals surface area contributed by atoms with Crippen molar-refractivity contribution < 1.29 is 14.7 Å². The molecule has 19 heavy (non-hydrogen) atoms. The molecule has 0 heterocycles. The molecule has 4 N–H and O–H groups in total. The second kappa shape index (κ2) is 5.49. The van der Waals surface area contributed by atoms with Gasteiger partial charge in [0.25, 0.3) is 0 Å². The highest BCUT2D eigenvalue weighted by Gasteiger charge is 2.39. The van der Waals surface area contributed by atoms with E-state index in [1.807, 2.05) is 0 Å². The summed E-state index contributed by atoms with van der Waals surface area (Å²) in [6.45, 7) is 0.480. The van der Waals surface area contributed by atoms with Crippen LogP contribution in [-0.2, 0) is 9.59 Å². The minimum Gasteiger partial charge on any atom is -0.481 e. The van der Waals surface area contributed by atoms with E-state index in [1.54, 1.807) is 0 Å². The van der Waals surface area contributed by atoms with E-state index >= 15 is 0 Å². The third-order valence-corrected chi connectivity index (χ3v) is 4.71. The van der Waals surface area contributed by atoms with Crippen LogP contribution >= 0.6 is 0 Å². The Labute approximate surface area is 113 Å². The maximum atomic E-state index is 11.9. The first-order valence-corrected chi connectivity index (χ1v) is 7.21. The van der Waals surface area contributed by atoms with E-state index in [0.29, 0.717) is 13.0 Å². The summed E-state index contributed by atoms with van der Waals surface area (Å²) in [5.41, 5.74) is 5.63. The quantitative estimate of drug-likeness (QED) is 0.679. The number of carboxylic acid groups (broad SMARTS) is 1. The summed E-state index contributed by atoms with van der Waals surface area (Å²) in [5.74, 6) is -0.805. The molecule has 0 spiro atoms. The summed E-state index contributed by atoms with van der Waals surface area (Å²) in [5, 5.41) is 11.8. The minimum atomic E-state index is -0.778. The van der Waals surface area contributed by atoms with Crippen molar-refractivity contribution in [3.63, 3.8) is 0 Å². The Kier molecular flexibility index (Phi) is 4.13. The number of hydrogen-bond donors (Lipinski definition) is 3. The topological polar surface area (TPSA) is 92.4 Å². The second-order valence-corrected chi connectivity index (χ2v) is 6.45. The average molecular weight is 268 g/mol. The van der Waals surface area contributed by atoms with E-state index in [1.165, 1.54) is 0 Å². The van der Waals surface area contributed by atoms with E-state index in [-0.39, 0.29) is 23.3 Å². The van der Waals surface area contributed by atoms with E-state index < -0.39 is 5.97 Å². The molecule has 0 aromatic carbocycles. The summed E-state index contributed by atoms with van der Waals surface area (Å²) in [6.07, 6.45) is 7.42. The van der Waals surface area contributed by atoms with E-state index in [2.05, 4.69) is 5.32 Å². The molecule has 2 saturated carbocycles. The van der Waals surface area contributed by atoms with Crippen LogP contribution in [0.15, 0.2) is 0 Å². The number of amides is 1. The lowest BCUT2D eigenvalue weighted by Crippen LogP contribution is -2.47. The Bertz CT molecular complexity index is 358. The monoisotopic (exact) mass is 268 g/mol. The van der Waals surface area contributed by atoms with Crippen LogP contribution in [0.5, 0.6) is 0 Å². The predicted molar refractivity (Wildman–Crippen MR) is 71.5 cm³/mol. The van der Waals surface area contributed by atoms with Gasteiger partial charge in [0.15, 0.2) is 0 Å². The number of nitrogens with one attached hydrogen (secondary N) is 1. The zero-order valence-electron chi connectivity index (χ0n) is 11.4. The lowest BCUT2D eigenvalue weighted by atomic mass is 9.66. The van der Waals surface area contributed by atoms with E-state index in [4.69, 9.17) is 10.8 Å². The minimum absolute atomic E-state index is 0.0268. The van der Waals surface area contributed by atoms with Crippen LogP contribution in [0.25, 0.3) is 0 Å². The Balaban J connectivity index is 1.77. The van der Waals surface area contributed by atoms with Gasteiger partial charge in [-0.15, -0.1) is 0 Å². The smallest absolute Gasteiger partial charge is 0.303 e. The number of rotatable bonds is 6. The lowest BCUT2D eigenvalue weighted by molar-refractivity contribution is -0.142. The first kappa shape index (κ1) is 14.3. The van der Waals surface area contributed by atoms with Crippen LogP contribution in [0.1, 0.15) is 57.8 Å². The summed E-state index contributed by atoms with van der Waals surface area (Å²) in [7, 11) is 0. The Hall–Kier alpha value is -1.10. The number of nitrogens with two attached hydrogens (primary N) is 1. The normalized spacial score (nSPS) is 23.6. The van der Waals surface area contributed by atoms with Crippen molar-refractivity contribution in [1.82, 2.24) is 5.32 Å². The number of carboxylic acids is 1. The standard InChI is InChI=1S/C14H24N2O3/c15-14(6-1-2-7-14)8-11(17)16-10-13(4-3-5-13)9-12(18)19/h1-10,15H2,(H,16,17)(H,18,19). The molecule has 2 aliphatic carbocycles. The molecule has 0 aromatic rings. The van der Waals surface area contributed by atoms with E-state index in [0.717, 1.165) is 44.9 Å². The first-order valence-electron chi connectivity index (χ1n) is 7.21. The van der Waals surface area contributed by atoms with Gasteiger partial charge in [-0.25, -0.2) is 0 Å². The van der Waals surface area contributed by atoms with Crippen molar-refractivity contribution in [2.75, 3.05) is 6.54 Å². The fraction of sp³-hybridized carbons (Fsp3) is 0.857. The molecule has 2 aliphatic rings. The maximum Gasteiger partial charge on any atom is 0.303 e. The van der Waals surface area contributed by atoms with Crippen LogP contribution in [0, 0.1) is 5.41 Å². The van der Waals surface area contributed by atoms with Crippen molar-refractivity contribution in [3.8, 4) is 0 Å². The van der Waals surface area contributed by atoms with Crippen LogP contribution in [0.3, 0.4) is 0 Å². The van der Waals surface area contributed by atoms with Gasteiger partial charge in [-0.05, 0) is 31.1 Å². The molecule has 0 aliphatic heterocycles. The Morgan fingerprint density at radius 3 is 2.16 bits per heavy atom. The van der Waals surface area contributed by atoms with Gasteiger partial charge in [-0.1, -0.05) is 19.3 Å². The largest absolute Gasteiger partial charge is 0.481 e. The molecule has 0 unspecified atom stereocenters. The van der Waals surface area contributed by atoms with Gasteiger partial charge in [0.1, 0.15) is 0 Å². The molecule has 5 heteroatoms. The number of hydrogen-bond acceptors (Lipinski definition) is 3. The first-order chi connectivity index (χ1) is 8.93. The molecular weight excluding hydrogens is 244 g/mol. The molecule has 1 amide bonds. The third kappa shape index (κ3) is 3.69. The molecule has 2 rings (SSSR count). The molecule has 0 aromatic heterocycles. The summed E-state index contributed by atoms with van der Waals surface area (Å²) in [6, 6.07) is 0. The predicted octanol–water partition coefficient (Wildman–Crippen LogP) is 1.41. The zero-order valence-corrected chi connectivity index (χ0v) is 11.4. The molecule has 108 valence electrons. The summed E-state index contributed by atoms with van der Waals surface area (Å²) >= 11 is 0. The van der Waals surface area contributed by atoms with Gasteiger partial charge in [-0.2, -0.15) is 0 Å². The van der Waals surface area contributed by atoms with Crippen LogP contribution in [0.4, 0.5) is 0 Å². The van der Waals surface area contributed by atoms with Crippen molar-refractivity contribution in [2.24, 2.45) is 11.1 Å². The third-order valence-electron chi connectivity index (χ3n) is 4.71. The van der Waals surface area contributed by atoms with Crippen LogP contribution in [-0.4, -0.2) is 29.1 Å². The maximum absolute atomic E-state index is 11.9. The van der Waals surface area contributed by atoms with Crippen LogP contribution < -0.4 is 11.1 Å². The molecule has 0 radical (unpaired) electrons. The lowest BCUT2D eigenvalue weighted by Gasteiger charge is -2.41. The van der Waals surface area contributed by atoms with Gasteiger partial charge in [0.2, 0.25) is 5.91 Å². The van der Waals surface area contributed by atoms with Gasteiger partial charge < -0.3 is 16.2 Å².